The van der Waals surface area contributed by atoms with Crippen LogP contribution in [0.4, 0.5) is 0 Å². The van der Waals surface area contributed by atoms with Crippen LogP contribution in [0.15, 0.2) is 65.6 Å². The number of nitrogens with one attached hydrogen (secondary N) is 3. The van der Waals surface area contributed by atoms with E-state index in [2.05, 4.69) is 32.7 Å². The van der Waals surface area contributed by atoms with Crippen molar-refractivity contribution in [2.45, 2.75) is 31.7 Å². The first-order valence-corrected chi connectivity index (χ1v) is 12.0. The van der Waals surface area contributed by atoms with E-state index in [9.17, 15) is 20.1 Å². The summed E-state index contributed by atoms with van der Waals surface area (Å²) in [6.07, 6.45) is 0.904. The summed E-state index contributed by atoms with van der Waals surface area (Å²) >= 11 is 0.889. The zero-order chi connectivity index (χ0) is 23.9. The van der Waals surface area contributed by atoms with E-state index in [-0.39, 0.29) is 16.1 Å². The lowest BCUT2D eigenvalue weighted by atomic mass is 10.0. The second kappa shape index (κ2) is 11.4. The Hall–Kier alpha value is -3.08. The molecule has 0 aliphatic carbocycles. The summed E-state index contributed by atoms with van der Waals surface area (Å²) in [4.78, 5) is 18.2. The maximum Gasteiger partial charge on any atom is 0.305 e. The fraction of sp³-hybridized carbons (Fsp3) is 0.280. The van der Waals surface area contributed by atoms with Gasteiger partial charge >= 0.3 is 4.87 Å². The van der Waals surface area contributed by atoms with Gasteiger partial charge < -0.3 is 25.6 Å². The summed E-state index contributed by atoms with van der Waals surface area (Å²) in [6.45, 7) is 2.04. The molecule has 0 fully saturated rings. The Morgan fingerprint density at radius 2 is 1.79 bits per heavy atom. The molecule has 2 unspecified atom stereocenters. The van der Waals surface area contributed by atoms with Crippen LogP contribution < -0.4 is 15.5 Å². The number of nitrogens with zero attached hydrogens (tertiary/aromatic N) is 1. The monoisotopic (exact) mass is 480 g/mol. The first-order valence-electron chi connectivity index (χ1n) is 11.1. The number of benzene rings is 2. The topological polar surface area (TPSA) is 130 Å². The zero-order valence-corrected chi connectivity index (χ0v) is 19.4. The molecule has 0 bridgehead atoms. The number of H-pyrrole nitrogens is 1. The van der Waals surface area contributed by atoms with E-state index in [1.165, 1.54) is 17.7 Å². The van der Waals surface area contributed by atoms with E-state index in [1.807, 2.05) is 30.3 Å². The van der Waals surface area contributed by atoms with Gasteiger partial charge in [-0.1, -0.05) is 47.7 Å². The number of thiazole rings is 1. The van der Waals surface area contributed by atoms with E-state index < -0.39 is 12.3 Å². The van der Waals surface area contributed by atoms with Gasteiger partial charge in [-0.15, -0.1) is 0 Å². The fourth-order valence-corrected chi connectivity index (χ4v) is 4.71. The average Bonchev–Trinajstić information content (AvgIpc) is 3.25. The normalized spacial score (nSPS) is 13.2. The van der Waals surface area contributed by atoms with Gasteiger partial charge in [0.05, 0.1) is 10.4 Å². The van der Waals surface area contributed by atoms with E-state index in [0.29, 0.717) is 23.2 Å². The summed E-state index contributed by atoms with van der Waals surface area (Å²) in [6, 6.07) is 17.1. The Bertz CT molecular complexity index is 1270. The number of aromatic amines is 1. The first-order chi connectivity index (χ1) is 16.5. The summed E-state index contributed by atoms with van der Waals surface area (Å²) in [5.41, 5.74) is 4.02. The minimum atomic E-state index is -1.24. The lowest BCUT2D eigenvalue weighted by Gasteiger charge is -2.20. The second-order valence-corrected chi connectivity index (χ2v) is 9.04. The molecule has 2 atom stereocenters. The highest BCUT2D eigenvalue weighted by molar-refractivity contribution is 7.16. The van der Waals surface area contributed by atoms with E-state index in [1.54, 1.807) is 6.20 Å². The van der Waals surface area contributed by atoms with E-state index in [0.717, 1.165) is 42.1 Å². The summed E-state index contributed by atoms with van der Waals surface area (Å²) in [5.74, 6) is -0.0708. The Morgan fingerprint density at radius 3 is 2.56 bits per heavy atom. The van der Waals surface area contributed by atoms with Crippen LogP contribution in [-0.2, 0) is 19.4 Å². The van der Waals surface area contributed by atoms with Crippen molar-refractivity contribution in [2.24, 2.45) is 0 Å². The Labute approximate surface area is 201 Å². The van der Waals surface area contributed by atoms with Gasteiger partial charge in [0, 0.05) is 24.8 Å². The second-order valence-electron chi connectivity index (χ2n) is 8.05. The van der Waals surface area contributed by atoms with Crippen LogP contribution in [0.25, 0.3) is 10.2 Å². The van der Waals surface area contributed by atoms with Crippen molar-refractivity contribution in [1.82, 2.24) is 20.6 Å². The number of aliphatic hydroxyl groups excluding tert-OH is 2. The van der Waals surface area contributed by atoms with Gasteiger partial charge in [0.2, 0.25) is 0 Å². The molecule has 34 heavy (non-hydrogen) atoms. The maximum absolute atomic E-state index is 11.7. The van der Waals surface area contributed by atoms with Crippen LogP contribution in [0.5, 0.6) is 5.75 Å². The molecule has 2 aromatic carbocycles. The van der Waals surface area contributed by atoms with Gasteiger partial charge in [-0.2, -0.15) is 0 Å². The molecule has 0 radical (unpaired) electrons. The molecule has 178 valence electrons. The largest absolute Gasteiger partial charge is 0.506 e. The Kier molecular flexibility index (Phi) is 8.04. The van der Waals surface area contributed by atoms with Crippen LogP contribution in [0.3, 0.4) is 0 Å². The van der Waals surface area contributed by atoms with Crippen LogP contribution in [-0.4, -0.2) is 44.6 Å². The predicted molar refractivity (Wildman–Crippen MR) is 133 cm³/mol. The smallest absolute Gasteiger partial charge is 0.305 e. The molecular formula is C25H28N4O4S. The van der Waals surface area contributed by atoms with Crippen molar-refractivity contribution in [3.05, 3.63) is 92.8 Å². The van der Waals surface area contributed by atoms with Crippen molar-refractivity contribution in [2.75, 3.05) is 13.1 Å². The van der Waals surface area contributed by atoms with Gasteiger partial charge in [-0.25, -0.2) is 0 Å². The Morgan fingerprint density at radius 1 is 1.00 bits per heavy atom. The molecule has 4 rings (SSSR count). The highest BCUT2D eigenvalue weighted by atomic mass is 32.1. The molecular weight excluding hydrogens is 452 g/mol. The number of pyridine rings is 1. The average molecular weight is 481 g/mol. The SMILES string of the molecule is O=c1[nH]c2c(O)ccc(C(O)C(O)NCCc3cccc(CCNCc4ccccn4)c3)c2s1. The number of rotatable bonds is 11. The summed E-state index contributed by atoms with van der Waals surface area (Å²) in [5, 5.41) is 37.3. The number of hydrogen-bond acceptors (Lipinski definition) is 8. The van der Waals surface area contributed by atoms with Crippen molar-refractivity contribution in [1.29, 1.82) is 0 Å². The molecule has 0 saturated heterocycles. The molecule has 0 saturated carbocycles. The molecule has 0 aliphatic heterocycles. The van der Waals surface area contributed by atoms with Crippen LogP contribution in [0.1, 0.15) is 28.5 Å². The third-order valence-electron chi connectivity index (χ3n) is 5.59. The summed E-state index contributed by atoms with van der Waals surface area (Å²) in [7, 11) is 0. The number of fused-ring (bicyclic) bond motifs is 1. The highest BCUT2D eigenvalue weighted by Gasteiger charge is 2.22. The number of phenolic OH excluding ortho intramolecular Hbond substituents is 1. The number of hydrogen-bond donors (Lipinski definition) is 6. The van der Waals surface area contributed by atoms with Crippen molar-refractivity contribution < 1.29 is 15.3 Å². The minimum absolute atomic E-state index is 0.0708. The van der Waals surface area contributed by atoms with E-state index in [4.69, 9.17) is 0 Å². The van der Waals surface area contributed by atoms with Crippen molar-refractivity contribution >= 4 is 21.6 Å². The Balaban J connectivity index is 1.26. The molecule has 9 heteroatoms. The number of phenols is 1. The molecule has 6 N–H and O–H groups in total. The van der Waals surface area contributed by atoms with Gasteiger partial charge in [0.1, 0.15) is 23.6 Å². The van der Waals surface area contributed by atoms with Crippen LogP contribution in [0, 0.1) is 0 Å². The van der Waals surface area contributed by atoms with Crippen molar-refractivity contribution in [3.8, 4) is 5.75 Å². The van der Waals surface area contributed by atoms with Crippen molar-refractivity contribution in [3.63, 3.8) is 0 Å². The molecule has 0 aliphatic rings. The maximum atomic E-state index is 11.7. The van der Waals surface area contributed by atoms with Crippen LogP contribution >= 0.6 is 11.3 Å². The fourth-order valence-electron chi connectivity index (χ4n) is 3.81. The minimum Gasteiger partial charge on any atom is -0.506 e. The predicted octanol–water partition coefficient (Wildman–Crippen LogP) is 2.21. The summed E-state index contributed by atoms with van der Waals surface area (Å²) < 4.78 is 0.433. The molecule has 0 spiro atoms. The highest BCUT2D eigenvalue weighted by Crippen LogP contribution is 2.32. The van der Waals surface area contributed by atoms with Gasteiger partial charge in [-0.3, -0.25) is 15.1 Å². The van der Waals surface area contributed by atoms with E-state index >= 15 is 0 Å². The first kappa shape index (κ1) is 24.1. The van der Waals surface area contributed by atoms with Gasteiger partial charge in [-0.05, 0) is 48.7 Å². The molecule has 2 aromatic heterocycles. The third-order valence-corrected chi connectivity index (χ3v) is 6.52. The molecule has 0 amide bonds. The number of aromatic nitrogens is 2. The zero-order valence-electron chi connectivity index (χ0n) is 18.6. The van der Waals surface area contributed by atoms with Gasteiger partial charge in [0.15, 0.2) is 0 Å². The van der Waals surface area contributed by atoms with Crippen LogP contribution in [0.2, 0.25) is 0 Å². The molecule has 4 aromatic rings. The molecule has 8 nitrogen and oxygen atoms in total. The number of aromatic hydroxyl groups is 1. The standard InChI is InChI=1S/C25H28N4O4S/c30-20-8-7-19(23-21(20)29-25(33)34-23)22(31)24(32)28-13-10-17-5-3-4-16(14-17)9-12-26-15-18-6-1-2-11-27-18/h1-8,11,14,22,24,26,28,30-32H,9-10,12-13,15H2,(H,29,33). The molecule has 2 heterocycles. The quantitative estimate of drug-likeness (QED) is 0.143. The third kappa shape index (κ3) is 6.07. The number of aliphatic hydroxyl groups is 2. The lowest BCUT2D eigenvalue weighted by Crippen LogP contribution is -2.36. The lowest BCUT2D eigenvalue weighted by molar-refractivity contribution is -0.00168. The van der Waals surface area contributed by atoms with Gasteiger partial charge in [0.25, 0.3) is 0 Å².